The molecule has 4 atom stereocenters. The molecule has 3 aromatic carbocycles. The van der Waals surface area contributed by atoms with Crippen LogP contribution in [0.1, 0.15) is 11.1 Å². The molecule has 3 N–H and O–H groups in total. The van der Waals surface area contributed by atoms with E-state index in [9.17, 15) is 28.3 Å². The van der Waals surface area contributed by atoms with Gasteiger partial charge in [-0.05, 0) is 60.5 Å². The number of nitrogens with zero attached hydrogens (tertiary/aromatic N) is 1. The maximum atomic E-state index is 14.3. The van der Waals surface area contributed by atoms with Crippen molar-refractivity contribution in [3.05, 3.63) is 88.4 Å². The van der Waals surface area contributed by atoms with Crippen LogP contribution in [-0.2, 0) is 26.3 Å². The second-order valence-electron chi connectivity index (χ2n) is 9.19. The summed E-state index contributed by atoms with van der Waals surface area (Å²) in [6, 6.07) is 13.0. The van der Waals surface area contributed by atoms with E-state index in [-0.39, 0.29) is 28.4 Å². The Kier molecular flexibility index (Phi) is 4.93. The van der Waals surface area contributed by atoms with Crippen LogP contribution in [0.2, 0.25) is 5.02 Å². The molecule has 0 aliphatic carbocycles. The minimum absolute atomic E-state index is 0.0681. The van der Waals surface area contributed by atoms with Gasteiger partial charge in [0.05, 0.1) is 22.5 Å². The molecule has 3 amide bonds. The zero-order valence-corrected chi connectivity index (χ0v) is 19.2. The number of hydrogen-bond donors (Lipinski definition) is 3. The van der Waals surface area contributed by atoms with Crippen molar-refractivity contribution >= 4 is 40.7 Å². The van der Waals surface area contributed by atoms with E-state index in [1.165, 1.54) is 42.5 Å². The van der Waals surface area contributed by atoms with Crippen LogP contribution in [-0.4, -0.2) is 28.9 Å². The van der Waals surface area contributed by atoms with Crippen LogP contribution in [0.3, 0.4) is 0 Å². The standard InChI is InChI=1S/C26H18ClF2N3O4/c27-17-11-14(4-7-18(17)29)32-23(34)21-20(9-12-1-5-15(33)6-2-12)31-26(22(21)24(32)35)16-10-13(28)3-8-19(16)30-25(26)36/h1-8,10-11,20-22,31,33H,9H2,(H,30,36)/t20-,21-,22+,26-/m1/s1. The molecule has 0 unspecified atom stereocenters. The molecule has 2 saturated heterocycles. The third kappa shape index (κ3) is 3.09. The lowest BCUT2D eigenvalue weighted by Crippen LogP contribution is -2.53. The van der Waals surface area contributed by atoms with Crippen molar-refractivity contribution in [1.82, 2.24) is 5.32 Å². The number of phenolic OH excluding ortho intramolecular Hbond substituents is 1. The molecule has 3 aliphatic rings. The summed E-state index contributed by atoms with van der Waals surface area (Å²) >= 11 is 5.92. The van der Waals surface area contributed by atoms with Gasteiger partial charge in [-0.15, -0.1) is 0 Å². The fourth-order valence-electron chi connectivity index (χ4n) is 5.71. The van der Waals surface area contributed by atoms with Crippen molar-refractivity contribution in [3.8, 4) is 5.75 Å². The van der Waals surface area contributed by atoms with Gasteiger partial charge >= 0.3 is 0 Å². The zero-order chi connectivity index (χ0) is 25.4. The van der Waals surface area contributed by atoms with Crippen LogP contribution in [0.4, 0.5) is 20.2 Å². The predicted molar refractivity (Wildman–Crippen MR) is 126 cm³/mol. The number of anilines is 2. The molecule has 0 radical (unpaired) electrons. The first-order chi connectivity index (χ1) is 17.2. The van der Waals surface area contributed by atoms with Crippen molar-refractivity contribution in [2.24, 2.45) is 11.8 Å². The highest BCUT2D eigenvalue weighted by Crippen LogP contribution is 2.54. The van der Waals surface area contributed by atoms with Crippen LogP contribution in [0, 0.1) is 23.5 Å². The van der Waals surface area contributed by atoms with Crippen molar-refractivity contribution in [3.63, 3.8) is 0 Å². The molecule has 1 spiro atoms. The van der Waals surface area contributed by atoms with Crippen LogP contribution >= 0.6 is 11.6 Å². The van der Waals surface area contributed by atoms with Gasteiger partial charge < -0.3 is 10.4 Å². The summed E-state index contributed by atoms with van der Waals surface area (Å²) in [5.41, 5.74) is -0.253. The van der Waals surface area contributed by atoms with Gasteiger partial charge in [-0.3, -0.25) is 19.7 Å². The molecular weight excluding hydrogens is 492 g/mol. The Hall–Kier alpha value is -3.82. The maximum absolute atomic E-state index is 14.3. The lowest BCUT2D eigenvalue weighted by molar-refractivity contribution is -0.130. The first-order valence-electron chi connectivity index (χ1n) is 11.2. The Morgan fingerprint density at radius 2 is 1.72 bits per heavy atom. The molecule has 3 aliphatic heterocycles. The van der Waals surface area contributed by atoms with Crippen molar-refractivity contribution in [2.45, 2.75) is 18.0 Å². The average Bonchev–Trinajstić information content (AvgIpc) is 3.42. The number of hydrogen-bond acceptors (Lipinski definition) is 5. The van der Waals surface area contributed by atoms with Crippen molar-refractivity contribution in [2.75, 3.05) is 10.2 Å². The highest BCUT2D eigenvalue weighted by atomic mass is 35.5. The van der Waals surface area contributed by atoms with Crippen LogP contribution in [0.15, 0.2) is 60.7 Å². The summed E-state index contributed by atoms with van der Waals surface area (Å²) < 4.78 is 28.1. The van der Waals surface area contributed by atoms with Crippen LogP contribution in [0.25, 0.3) is 0 Å². The molecule has 36 heavy (non-hydrogen) atoms. The number of carbonyl (C=O) groups excluding carboxylic acids is 3. The van der Waals surface area contributed by atoms with E-state index in [4.69, 9.17) is 11.6 Å². The highest BCUT2D eigenvalue weighted by Gasteiger charge is 2.70. The molecule has 0 bridgehead atoms. The van der Waals surface area contributed by atoms with E-state index in [2.05, 4.69) is 10.6 Å². The van der Waals surface area contributed by atoms with E-state index in [1.807, 2.05) is 0 Å². The van der Waals surface area contributed by atoms with Crippen molar-refractivity contribution in [1.29, 1.82) is 0 Å². The summed E-state index contributed by atoms with van der Waals surface area (Å²) in [6.45, 7) is 0. The SMILES string of the molecule is O=C1[C@H]2[C@@H](C(=O)N1c1ccc(F)c(Cl)c1)[C@@]1(N[C@@H]2Cc2ccc(O)cc2)C(=O)Nc2ccc(F)cc21. The van der Waals surface area contributed by atoms with E-state index in [0.29, 0.717) is 5.69 Å². The summed E-state index contributed by atoms with van der Waals surface area (Å²) in [5, 5.41) is 15.3. The lowest BCUT2D eigenvalue weighted by Gasteiger charge is -2.29. The Labute approximate surface area is 208 Å². The smallest absolute Gasteiger partial charge is 0.250 e. The summed E-state index contributed by atoms with van der Waals surface area (Å²) in [4.78, 5) is 42.0. The number of amides is 3. The maximum Gasteiger partial charge on any atom is 0.250 e. The number of fused-ring (bicyclic) bond motifs is 4. The number of nitrogens with one attached hydrogen (secondary N) is 2. The lowest BCUT2D eigenvalue weighted by atomic mass is 9.76. The summed E-state index contributed by atoms with van der Waals surface area (Å²) in [5.74, 6) is -5.19. The average molecular weight is 510 g/mol. The van der Waals surface area contributed by atoms with Gasteiger partial charge in [-0.2, -0.15) is 0 Å². The summed E-state index contributed by atoms with van der Waals surface area (Å²) in [6.07, 6.45) is 0.248. The topological polar surface area (TPSA) is 98.7 Å². The minimum Gasteiger partial charge on any atom is -0.508 e. The molecule has 182 valence electrons. The molecule has 2 fully saturated rings. The first-order valence-corrected chi connectivity index (χ1v) is 11.6. The second kappa shape index (κ2) is 7.84. The van der Waals surface area contributed by atoms with Crippen LogP contribution < -0.4 is 15.5 Å². The molecule has 0 aromatic heterocycles. The number of benzene rings is 3. The minimum atomic E-state index is -1.69. The second-order valence-corrected chi connectivity index (χ2v) is 9.59. The highest BCUT2D eigenvalue weighted by molar-refractivity contribution is 6.32. The monoisotopic (exact) mass is 509 g/mol. The summed E-state index contributed by atoms with van der Waals surface area (Å²) in [7, 11) is 0. The molecular formula is C26H18ClF2N3O4. The van der Waals surface area contributed by atoms with Gasteiger partial charge in [-0.25, -0.2) is 13.7 Å². The normalized spacial score (nSPS) is 26.5. The number of carbonyl (C=O) groups is 3. The largest absolute Gasteiger partial charge is 0.508 e. The molecule has 0 saturated carbocycles. The van der Waals surface area contributed by atoms with Gasteiger partial charge in [0.15, 0.2) is 0 Å². The van der Waals surface area contributed by atoms with Gasteiger partial charge in [0.25, 0.3) is 0 Å². The Morgan fingerprint density at radius 1 is 0.972 bits per heavy atom. The first kappa shape index (κ1) is 22.6. The van der Waals surface area contributed by atoms with Crippen LogP contribution in [0.5, 0.6) is 5.75 Å². The number of phenols is 1. The zero-order valence-electron chi connectivity index (χ0n) is 18.5. The third-order valence-electron chi connectivity index (χ3n) is 7.23. The van der Waals surface area contributed by atoms with Gasteiger partial charge in [0, 0.05) is 17.3 Å². The fourth-order valence-corrected chi connectivity index (χ4v) is 5.89. The molecule has 3 aromatic rings. The molecule has 3 heterocycles. The number of rotatable bonds is 3. The third-order valence-corrected chi connectivity index (χ3v) is 7.52. The van der Waals surface area contributed by atoms with Gasteiger partial charge in [0.2, 0.25) is 17.7 Å². The van der Waals surface area contributed by atoms with Gasteiger partial charge in [-0.1, -0.05) is 23.7 Å². The predicted octanol–water partition coefficient (Wildman–Crippen LogP) is 3.49. The Balaban J connectivity index is 1.50. The Bertz CT molecular complexity index is 1460. The van der Waals surface area contributed by atoms with E-state index in [1.54, 1.807) is 12.1 Å². The van der Waals surface area contributed by atoms with E-state index >= 15 is 0 Å². The number of halogens is 3. The number of imide groups is 1. The molecule has 7 nitrogen and oxygen atoms in total. The fraction of sp³-hybridized carbons (Fsp3) is 0.192. The Morgan fingerprint density at radius 3 is 2.44 bits per heavy atom. The number of aromatic hydroxyl groups is 1. The molecule has 6 rings (SSSR count). The van der Waals surface area contributed by atoms with E-state index < -0.39 is 52.8 Å². The van der Waals surface area contributed by atoms with Gasteiger partial charge in [0.1, 0.15) is 22.9 Å². The van der Waals surface area contributed by atoms with E-state index in [0.717, 1.165) is 16.5 Å². The molecule has 10 heteroatoms. The van der Waals surface area contributed by atoms with Crippen molar-refractivity contribution < 1.29 is 28.3 Å². The quantitative estimate of drug-likeness (QED) is 0.470.